The van der Waals surface area contributed by atoms with Crippen LogP contribution in [0.1, 0.15) is 29.4 Å². The van der Waals surface area contributed by atoms with Crippen LogP contribution in [0.25, 0.3) is 16.9 Å². The Morgan fingerprint density at radius 2 is 2.07 bits per heavy atom. The lowest BCUT2D eigenvalue weighted by Crippen LogP contribution is -2.36. The summed E-state index contributed by atoms with van der Waals surface area (Å²) in [6, 6.07) is 4.56. The fraction of sp³-hybridized carbons (Fsp3) is 0.238. The maximum atomic E-state index is 13.6. The van der Waals surface area contributed by atoms with Gasteiger partial charge in [0.25, 0.3) is 5.91 Å². The van der Waals surface area contributed by atoms with Gasteiger partial charge in [-0.25, -0.2) is 14.4 Å². The summed E-state index contributed by atoms with van der Waals surface area (Å²) in [6.07, 6.45) is 10.3. The normalized spacial score (nSPS) is 13.7. The monoisotopic (exact) mass is 390 g/mol. The number of anilines is 1. The molecule has 7 nitrogen and oxygen atoms in total. The summed E-state index contributed by atoms with van der Waals surface area (Å²) < 4.78 is 17.3. The number of hydrogen-bond acceptors (Lipinski definition) is 4. The molecule has 3 aromatic heterocycles. The van der Waals surface area contributed by atoms with Gasteiger partial charge in [-0.05, 0) is 43.5 Å². The molecule has 0 radical (unpaired) electrons. The third-order valence-corrected chi connectivity index (χ3v) is 5.27. The molecule has 8 heteroatoms. The van der Waals surface area contributed by atoms with Crippen LogP contribution in [0.5, 0.6) is 0 Å². The molecule has 1 aliphatic heterocycles. The van der Waals surface area contributed by atoms with E-state index in [-0.39, 0.29) is 11.7 Å². The molecule has 0 saturated heterocycles. The second kappa shape index (κ2) is 6.80. The summed E-state index contributed by atoms with van der Waals surface area (Å²) in [5, 5.41) is 4.31. The van der Waals surface area contributed by atoms with Gasteiger partial charge in [-0.2, -0.15) is 5.10 Å². The Hall–Kier alpha value is -3.55. The van der Waals surface area contributed by atoms with Crippen molar-refractivity contribution in [1.29, 1.82) is 0 Å². The second-order valence-electron chi connectivity index (χ2n) is 7.06. The van der Waals surface area contributed by atoms with Crippen molar-refractivity contribution in [3.8, 4) is 11.3 Å². The van der Waals surface area contributed by atoms with Crippen molar-refractivity contribution in [2.45, 2.75) is 26.3 Å². The average Bonchev–Trinajstić information content (AvgIpc) is 3.38. The van der Waals surface area contributed by atoms with E-state index >= 15 is 0 Å². The summed E-state index contributed by atoms with van der Waals surface area (Å²) in [5.41, 5.74) is 4.33. The van der Waals surface area contributed by atoms with Crippen molar-refractivity contribution in [3.63, 3.8) is 0 Å². The SMILES string of the molecule is CCn1cc(-c2cnc3cnc(C(=O)N4CCCc5cc(F)ccc54)cn23)cn1. The first-order valence-corrected chi connectivity index (χ1v) is 9.60. The van der Waals surface area contributed by atoms with E-state index in [1.54, 1.807) is 35.8 Å². The van der Waals surface area contributed by atoms with Gasteiger partial charge in [0.05, 0.1) is 24.3 Å². The van der Waals surface area contributed by atoms with Crippen molar-refractivity contribution in [2.24, 2.45) is 0 Å². The van der Waals surface area contributed by atoms with E-state index < -0.39 is 0 Å². The second-order valence-corrected chi connectivity index (χ2v) is 7.06. The van der Waals surface area contributed by atoms with Gasteiger partial charge in [-0.15, -0.1) is 0 Å². The molecule has 1 aliphatic rings. The lowest BCUT2D eigenvalue weighted by molar-refractivity contribution is 0.0980. The highest BCUT2D eigenvalue weighted by molar-refractivity contribution is 6.05. The fourth-order valence-electron chi connectivity index (χ4n) is 3.80. The molecule has 146 valence electrons. The molecule has 0 unspecified atom stereocenters. The minimum atomic E-state index is -0.284. The van der Waals surface area contributed by atoms with Crippen molar-refractivity contribution >= 4 is 17.2 Å². The molecule has 0 aliphatic carbocycles. The van der Waals surface area contributed by atoms with E-state index in [1.807, 2.05) is 22.2 Å². The number of aryl methyl sites for hydroxylation is 2. The lowest BCUT2D eigenvalue weighted by atomic mass is 10.0. The Morgan fingerprint density at radius 1 is 1.17 bits per heavy atom. The molecule has 0 N–H and O–H groups in total. The van der Waals surface area contributed by atoms with Crippen LogP contribution in [-0.2, 0) is 13.0 Å². The highest BCUT2D eigenvalue weighted by Gasteiger charge is 2.25. The van der Waals surface area contributed by atoms with Crippen molar-refractivity contribution in [3.05, 3.63) is 66.3 Å². The molecule has 4 aromatic rings. The zero-order valence-corrected chi connectivity index (χ0v) is 15.9. The number of imidazole rings is 1. The number of carbonyl (C=O) groups excluding carboxylic acids is 1. The molecular weight excluding hydrogens is 371 g/mol. The Balaban J connectivity index is 1.54. The summed E-state index contributed by atoms with van der Waals surface area (Å²) in [5.74, 6) is -0.489. The zero-order valence-electron chi connectivity index (χ0n) is 15.9. The van der Waals surface area contributed by atoms with E-state index in [0.717, 1.165) is 41.9 Å². The van der Waals surface area contributed by atoms with Crippen LogP contribution in [0.4, 0.5) is 10.1 Å². The van der Waals surface area contributed by atoms with Gasteiger partial charge < -0.3 is 4.90 Å². The van der Waals surface area contributed by atoms with Gasteiger partial charge in [0, 0.05) is 36.7 Å². The molecule has 1 aromatic carbocycles. The molecule has 0 atom stereocenters. The van der Waals surface area contributed by atoms with E-state index in [2.05, 4.69) is 15.1 Å². The highest BCUT2D eigenvalue weighted by Crippen LogP contribution is 2.29. The Morgan fingerprint density at radius 3 is 2.90 bits per heavy atom. The van der Waals surface area contributed by atoms with Crippen LogP contribution < -0.4 is 4.90 Å². The largest absolute Gasteiger partial charge is 0.307 e. The molecule has 29 heavy (non-hydrogen) atoms. The van der Waals surface area contributed by atoms with Crippen molar-refractivity contribution in [2.75, 3.05) is 11.4 Å². The minimum absolute atomic E-state index is 0.205. The van der Waals surface area contributed by atoms with Gasteiger partial charge in [0.15, 0.2) is 5.65 Å². The number of hydrogen-bond donors (Lipinski definition) is 0. The standard InChI is InChI=1S/C21H19FN6O/c1-2-26-12-15(9-25-26)19-10-24-20-11-23-17(13-28(19)20)21(29)27-7-3-4-14-8-16(22)5-6-18(14)27/h5-6,8-13H,2-4,7H2,1H3. The van der Waals surface area contributed by atoms with Crippen LogP contribution in [0.2, 0.25) is 0 Å². The molecular formula is C21H19FN6O. The summed E-state index contributed by atoms with van der Waals surface area (Å²) >= 11 is 0. The average molecular weight is 390 g/mol. The van der Waals surface area contributed by atoms with Gasteiger partial charge >= 0.3 is 0 Å². The number of halogens is 1. The molecule has 1 amide bonds. The number of aromatic nitrogens is 5. The highest BCUT2D eigenvalue weighted by atomic mass is 19.1. The lowest BCUT2D eigenvalue weighted by Gasteiger charge is -2.29. The molecule has 0 bridgehead atoms. The van der Waals surface area contributed by atoms with Crippen molar-refractivity contribution < 1.29 is 9.18 Å². The van der Waals surface area contributed by atoms with Gasteiger partial charge in [-0.1, -0.05) is 0 Å². The van der Waals surface area contributed by atoms with E-state index in [4.69, 9.17) is 0 Å². The first kappa shape index (κ1) is 17.5. The molecule has 0 fully saturated rings. The van der Waals surface area contributed by atoms with Gasteiger partial charge in [0.2, 0.25) is 0 Å². The Bertz CT molecular complexity index is 1230. The minimum Gasteiger partial charge on any atom is -0.307 e. The fourth-order valence-corrected chi connectivity index (χ4v) is 3.80. The van der Waals surface area contributed by atoms with Crippen LogP contribution in [-0.4, -0.2) is 36.6 Å². The molecule has 0 spiro atoms. The van der Waals surface area contributed by atoms with Crippen molar-refractivity contribution in [1.82, 2.24) is 24.1 Å². The van der Waals surface area contributed by atoms with Crippen LogP contribution >= 0.6 is 0 Å². The van der Waals surface area contributed by atoms with Crippen LogP contribution in [0.15, 0.2) is 49.2 Å². The number of fused-ring (bicyclic) bond motifs is 2. The summed E-state index contributed by atoms with van der Waals surface area (Å²) in [7, 11) is 0. The zero-order chi connectivity index (χ0) is 20.0. The molecule has 5 rings (SSSR count). The number of nitrogens with zero attached hydrogens (tertiary/aromatic N) is 6. The number of benzene rings is 1. The predicted octanol–water partition coefficient (Wildman–Crippen LogP) is 3.34. The first-order chi connectivity index (χ1) is 14.1. The third-order valence-electron chi connectivity index (χ3n) is 5.27. The summed E-state index contributed by atoms with van der Waals surface area (Å²) in [6.45, 7) is 3.38. The Kier molecular flexibility index (Phi) is 4.12. The number of amides is 1. The quantitative estimate of drug-likeness (QED) is 0.538. The Labute approximate surface area is 166 Å². The van der Waals surface area contributed by atoms with E-state index in [9.17, 15) is 9.18 Å². The first-order valence-electron chi connectivity index (χ1n) is 9.60. The molecule has 4 heterocycles. The third kappa shape index (κ3) is 2.97. The van der Waals surface area contributed by atoms with E-state index in [0.29, 0.717) is 17.9 Å². The van der Waals surface area contributed by atoms with Gasteiger partial charge in [-0.3, -0.25) is 13.9 Å². The maximum Gasteiger partial charge on any atom is 0.278 e. The maximum absolute atomic E-state index is 13.6. The number of carbonyl (C=O) groups is 1. The van der Waals surface area contributed by atoms with Crippen LogP contribution in [0, 0.1) is 5.82 Å². The van der Waals surface area contributed by atoms with Crippen LogP contribution in [0.3, 0.4) is 0 Å². The van der Waals surface area contributed by atoms with Gasteiger partial charge in [0.1, 0.15) is 11.5 Å². The molecule has 0 saturated carbocycles. The smallest absolute Gasteiger partial charge is 0.278 e. The van der Waals surface area contributed by atoms with E-state index in [1.165, 1.54) is 12.1 Å². The topological polar surface area (TPSA) is 68.3 Å². The predicted molar refractivity (Wildman–Crippen MR) is 106 cm³/mol. The number of rotatable bonds is 3. The summed E-state index contributed by atoms with van der Waals surface area (Å²) in [4.78, 5) is 23.6.